The lowest BCUT2D eigenvalue weighted by Gasteiger charge is -2.10. The van der Waals surface area contributed by atoms with Crippen LogP contribution in [-0.4, -0.2) is 31.0 Å². The van der Waals surface area contributed by atoms with E-state index in [9.17, 15) is 19.7 Å². The molecule has 2 aromatic rings. The van der Waals surface area contributed by atoms with Crippen molar-refractivity contribution >= 4 is 28.9 Å². The van der Waals surface area contributed by atoms with E-state index in [2.05, 4.69) is 10.6 Å². The van der Waals surface area contributed by atoms with Crippen molar-refractivity contribution in [2.24, 2.45) is 0 Å². The predicted molar refractivity (Wildman–Crippen MR) is 89.9 cm³/mol. The van der Waals surface area contributed by atoms with E-state index in [1.54, 1.807) is 12.1 Å². The van der Waals surface area contributed by atoms with Gasteiger partial charge in [-0.25, -0.2) is 0 Å². The maximum absolute atomic E-state index is 11.9. The van der Waals surface area contributed by atoms with Crippen molar-refractivity contribution in [1.82, 2.24) is 0 Å². The number of nitro benzene ring substituents is 1. The average molecular weight is 345 g/mol. The highest BCUT2D eigenvalue weighted by atomic mass is 16.6. The predicted octanol–water partition coefficient (Wildman–Crippen LogP) is 2.19. The van der Waals surface area contributed by atoms with Crippen molar-refractivity contribution in [2.45, 2.75) is 0 Å². The first-order valence-electron chi connectivity index (χ1n) is 7.03. The van der Waals surface area contributed by atoms with Gasteiger partial charge in [-0.05, 0) is 24.3 Å². The van der Waals surface area contributed by atoms with Gasteiger partial charge in [0, 0.05) is 29.6 Å². The van der Waals surface area contributed by atoms with Gasteiger partial charge in [-0.3, -0.25) is 19.7 Å². The van der Waals surface area contributed by atoms with E-state index in [1.165, 1.54) is 44.6 Å². The lowest BCUT2D eigenvalue weighted by Crippen LogP contribution is -2.29. The number of carbonyl (C=O) groups excluding carboxylic acids is 2. The van der Waals surface area contributed by atoms with Gasteiger partial charge in [-0.15, -0.1) is 0 Å². The third-order valence-electron chi connectivity index (χ3n) is 3.18. The molecule has 9 heteroatoms. The Morgan fingerprint density at radius 3 is 1.92 bits per heavy atom. The van der Waals surface area contributed by atoms with Gasteiger partial charge >= 0.3 is 11.8 Å². The molecule has 0 aliphatic carbocycles. The highest BCUT2D eigenvalue weighted by molar-refractivity contribution is 6.43. The molecule has 0 heterocycles. The Morgan fingerprint density at radius 2 is 1.40 bits per heavy atom. The molecule has 2 rings (SSSR count). The number of non-ortho nitro benzene ring substituents is 1. The minimum absolute atomic E-state index is 0.118. The number of hydrogen-bond donors (Lipinski definition) is 2. The van der Waals surface area contributed by atoms with Gasteiger partial charge in [0.05, 0.1) is 19.1 Å². The van der Waals surface area contributed by atoms with Gasteiger partial charge in [-0.1, -0.05) is 0 Å². The summed E-state index contributed by atoms with van der Waals surface area (Å²) in [6.07, 6.45) is 0. The van der Waals surface area contributed by atoms with Crippen molar-refractivity contribution in [3.05, 3.63) is 52.6 Å². The topological polar surface area (TPSA) is 120 Å². The van der Waals surface area contributed by atoms with Gasteiger partial charge in [0.15, 0.2) is 11.5 Å². The molecule has 0 saturated heterocycles. The van der Waals surface area contributed by atoms with Crippen molar-refractivity contribution in [1.29, 1.82) is 0 Å². The van der Waals surface area contributed by atoms with E-state index in [0.29, 0.717) is 17.2 Å². The Hall–Kier alpha value is -3.62. The zero-order chi connectivity index (χ0) is 18.4. The molecule has 0 fully saturated rings. The molecule has 0 spiro atoms. The van der Waals surface area contributed by atoms with Crippen LogP contribution in [0.15, 0.2) is 42.5 Å². The smallest absolute Gasteiger partial charge is 0.314 e. The van der Waals surface area contributed by atoms with Crippen LogP contribution in [0.25, 0.3) is 0 Å². The van der Waals surface area contributed by atoms with Crippen LogP contribution in [0.3, 0.4) is 0 Å². The van der Waals surface area contributed by atoms with Crippen molar-refractivity contribution in [2.75, 3.05) is 24.9 Å². The number of nitrogens with zero attached hydrogens (tertiary/aromatic N) is 1. The van der Waals surface area contributed by atoms with E-state index in [1.807, 2.05) is 0 Å². The molecule has 0 radical (unpaired) electrons. The highest BCUT2D eigenvalue weighted by Crippen LogP contribution is 2.29. The van der Waals surface area contributed by atoms with E-state index in [-0.39, 0.29) is 11.4 Å². The zero-order valence-electron chi connectivity index (χ0n) is 13.4. The number of hydrogen-bond acceptors (Lipinski definition) is 6. The molecule has 2 N–H and O–H groups in total. The molecule has 25 heavy (non-hydrogen) atoms. The highest BCUT2D eigenvalue weighted by Gasteiger charge is 2.16. The maximum Gasteiger partial charge on any atom is 0.314 e. The van der Waals surface area contributed by atoms with E-state index < -0.39 is 16.7 Å². The Morgan fingerprint density at radius 1 is 0.880 bits per heavy atom. The summed E-state index contributed by atoms with van der Waals surface area (Å²) in [6, 6.07) is 9.76. The lowest BCUT2D eigenvalue weighted by atomic mass is 10.2. The summed E-state index contributed by atoms with van der Waals surface area (Å²) in [4.78, 5) is 33.9. The molecule has 0 bridgehead atoms. The van der Waals surface area contributed by atoms with E-state index >= 15 is 0 Å². The Labute approximate surface area is 142 Å². The molecule has 0 saturated carbocycles. The third-order valence-corrected chi connectivity index (χ3v) is 3.18. The number of carbonyl (C=O) groups is 2. The standard InChI is InChI=1S/C16H15N3O6/c1-24-13-8-5-11(9-14(13)25-2)18-16(21)15(20)17-10-3-6-12(7-4-10)19(22)23/h3-9H,1-2H3,(H,17,20)(H,18,21). The fourth-order valence-electron chi connectivity index (χ4n) is 1.96. The Balaban J connectivity index is 2.02. The number of ether oxygens (including phenoxy) is 2. The van der Waals surface area contributed by atoms with Crippen LogP contribution in [0.1, 0.15) is 0 Å². The summed E-state index contributed by atoms with van der Waals surface area (Å²) in [6.45, 7) is 0. The number of rotatable bonds is 5. The van der Waals surface area contributed by atoms with Crippen LogP contribution in [0.2, 0.25) is 0 Å². The number of benzene rings is 2. The first-order valence-corrected chi connectivity index (χ1v) is 7.03. The molecule has 0 unspecified atom stereocenters. The quantitative estimate of drug-likeness (QED) is 0.487. The second kappa shape index (κ2) is 7.77. The third kappa shape index (κ3) is 4.44. The normalized spacial score (nSPS) is 9.84. The maximum atomic E-state index is 11.9. The Kier molecular flexibility index (Phi) is 5.51. The molecule has 2 aromatic carbocycles. The van der Waals surface area contributed by atoms with Gasteiger partial charge in [0.25, 0.3) is 5.69 Å². The molecule has 0 aliphatic heterocycles. The molecule has 0 atom stereocenters. The molecular weight excluding hydrogens is 330 g/mol. The number of nitrogens with one attached hydrogen (secondary N) is 2. The van der Waals surface area contributed by atoms with E-state index in [0.717, 1.165) is 0 Å². The van der Waals surface area contributed by atoms with Gasteiger partial charge < -0.3 is 20.1 Å². The first-order chi connectivity index (χ1) is 11.9. The SMILES string of the molecule is COc1ccc(NC(=O)C(=O)Nc2ccc([N+](=O)[O-])cc2)cc1OC. The summed E-state index contributed by atoms with van der Waals surface area (Å²) in [7, 11) is 2.93. The van der Waals surface area contributed by atoms with Gasteiger partial charge in [0.2, 0.25) is 0 Å². The number of nitro groups is 1. The second-order valence-electron chi connectivity index (χ2n) is 4.78. The summed E-state index contributed by atoms with van der Waals surface area (Å²) in [5, 5.41) is 15.4. The van der Waals surface area contributed by atoms with Crippen LogP contribution in [0.4, 0.5) is 17.1 Å². The first kappa shape index (κ1) is 17.7. The molecule has 2 amide bonds. The minimum Gasteiger partial charge on any atom is -0.493 e. The van der Waals surface area contributed by atoms with Crippen molar-refractivity contribution in [3.8, 4) is 11.5 Å². The van der Waals surface area contributed by atoms with Gasteiger partial charge in [0.1, 0.15) is 0 Å². The van der Waals surface area contributed by atoms with Crippen LogP contribution >= 0.6 is 0 Å². The van der Waals surface area contributed by atoms with Gasteiger partial charge in [-0.2, -0.15) is 0 Å². The fraction of sp³-hybridized carbons (Fsp3) is 0.125. The van der Waals surface area contributed by atoms with Crippen LogP contribution < -0.4 is 20.1 Å². The van der Waals surface area contributed by atoms with Crippen molar-refractivity contribution in [3.63, 3.8) is 0 Å². The number of amides is 2. The molecule has 0 aliphatic rings. The number of methoxy groups -OCH3 is 2. The largest absolute Gasteiger partial charge is 0.493 e. The Bertz CT molecular complexity index is 804. The molecular formula is C16H15N3O6. The zero-order valence-corrected chi connectivity index (χ0v) is 13.4. The van der Waals surface area contributed by atoms with Crippen LogP contribution in [-0.2, 0) is 9.59 Å². The molecule has 0 aromatic heterocycles. The lowest BCUT2D eigenvalue weighted by molar-refractivity contribution is -0.384. The summed E-state index contributed by atoms with van der Waals surface area (Å²) in [5.74, 6) is -0.930. The van der Waals surface area contributed by atoms with Crippen LogP contribution in [0.5, 0.6) is 11.5 Å². The second-order valence-corrected chi connectivity index (χ2v) is 4.78. The summed E-state index contributed by atoms with van der Waals surface area (Å²) >= 11 is 0. The summed E-state index contributed by atoms with van der Waals surface area (Å²) in [5.41, 5.74) is 0.493. The average Bonchev–Trinajstić information content (AvgIpc) is 2.61. The summed E-state index contributed by atoms with van der Waals surface area (Å²) < 4.78 is 10.2. The monoisotopic (exact) mass is 345 g/mol. The number of anilines is 2. The molecule has 9 nitrogen and oxygen atoms in total. The fourth-order valence-corrected chi connectivity index (χ4v) is 1.96. The minimum atomic E-state index is -0.913. The van der Waals surface area contributed by atoms with Crippen LogP contribution in [0, 0.1) is 10.1 Å². The van der Waals surface area contributed by atoms with Crippen molar-refractivity contribution < 1.29 is 24.0 Å². The molecule has 130 valence electrons. The van der Waals surface area contributed by atoms with E-state index in [4.69, 9.17) is 9.47 Å².